The minimum Gasteiger partial charge on any atom is -0.468 e. The number of nitrogens with zero attached hydrogens (tertiary/aromatic N) is 1. The number of hydrogen-bond donors (Lipinski definition) is 1. The van der Waals surface area contributed by atoms with Gasteiger partial charge < -0.3 is 9.84 Å². The lowest BCUT2D eigenvalue weighted by Crippen LogP contribution is -2.44. The Morgan fingerprint density at radius 1 is 1.62 bits per heavy atom. The predicted octanol–water partition coefficient (Wildman–Crippen LogP) is -0.138. The molecule has 0 aromatic heterocycles. The van der Waals surface area contributed by atoms with Crippen molar-refractivity contribution in [3.63, 3.8) is 0 Å². The Bertz CT molecular complexity index is 174. The normalized spacial score (nSPS) is 30.1. The Hall–Kier alpha value is -0.610. The highest BCUT2D eigenvalue weighted by molar-refractivity contribution is 5.71. The van der Waals surface area contributed by atoms with Gasteiger partial charge in [-0.2, -0.15) is 0 Å². The first-order chi connectivity index (χ1) is 6.11. The minimum absolute atomic E-state index is 0.235. The van der Waals surface area contributed by atoms with Crippen LogP contribution in [-0.4, -0.2) is 48.8 Å². The summed E-state index contributed by atoms with van der Waals surface area (Å²) in [5.74, 6) is 0.217. The molecule has 4 heteroatoms. The molecule has 2 unspecified atom stereocenters. The van der Waals surface area contributed by atoms with Crippen molar-refractivity contribution in [3.05, 3.63) is 0 Å². The monoisotopic (exact) mass is 187 g/mol. The molecule has 1 N–H and O–H groups in total. The summed E-state index contributed by atoms with van der Waals surface area (Å²) in [5.41, 5.74) is 0. The Labute approximate surface area is 78.5 Å². The molecule has 2 atom stereocenters. The predicted molar refractivity (Wildman–Crippen MR) is 48.2 cm³/mol. The summed E-state index contributed by atoms with van der Waals surface area (Å²) in [7, 11) is 1.38. The molecule has 1 rings (SSSR count). The van der Waals surface area contributed by atoms with Gasteiger partial charge in [0.15, 0.2) is 0 Å². The molecule has 0 spiro atoms. The number of β-amino-alcohol motifs (C(OH)–C–C–N with tert-alkyl or cyclic N) is 1. The van der Waals surface area contributed by atoms with Gasteiger partial charge in [-0.1, -0.05) is 6.92 Å². The molecular formula is C9H17NO3. The number of piperidine rings is 1. The van der Waals surface area contributed by atoms with Crippen molar-refractivity contribution < 1.29 is 14.6 Å². The molecule has 0 saturated carbocycles. The van der Waals surface area contributed by atoms with E-state index in [1.54, 1.807) is 0 Å². The third-order valence-electron chi connectivity index (χ3n) is 2.29. The third-order valence-corrected chi connectivity index (χ3v) is 2.29. The van der Waals surface area contributed by atoms with Gasteiger partial charge in [0.25, 0.3) is 0 Å². The Kier molecular flexibility index (Phi) is 3.69. The molecule has 0 radical (unpaired) electrons. The molecule has 0 aliphatic carbocycles. The van der Waals surface area contributed by atoms with Crippen molar-refractivity contribution in [2.75, 3.05) is 26.7 Å². The number of esters is 1. The first kappa shape index (κ1) is 10.5. The standard InChI is InChI=1S/C9H17NO3/c1-7-3-8(11)5-10(4-7)6-9(12)13-2/h7-8,11H,3-6H2,1-2H3. The fraction of sp³-hybridized carbons (Fsp3) is 0.889. The summed E-state index contributed by atoms with van der Waals surface area (Å²) >= 11 is 0. The summed E-state index contributed by atoms with van der Waals surface area (Å²) in [4.78, 5) is 12.9. The van der Waals surface area contributed by atoms with E-state index >= 15 is 0 Å². The van der Waals surface area contributed by atoms with E-state index in [1.165, 1.54) is 7.11 Å². The van der Waals surface area contributed by atoms with E-state index in [4.69, 9.17) is 0 Å². The summed E-state index contributed by atoms with van der Waals surface area (Å²) in [6.07, 6.45) is 0.533. The molecule has 1 aliphatic rings. The van der Waals surface area contributed by atoms with Crippen molar-refractivity contribution in [3.8, 4) is 0 Å². The molecular weight excluding hydrogens is 170 g/mol. The zero-order valence-electron chi connectivity index (χ0n) is 8.19. The Balaban J connectivity index is 2.37. The minimum atomic E-state index is -0.298. The molecule has 0 aromatic rings. The lowest BCUT2D eigenvalue weighted by Gasteiger charge is -2.33. The molecule has 4 nitrogen and oxygen atoms in total. The first-order valence-electron chi connectivity index (χ1n) is 4.59. The van der Waals surface area contributed by atoms with Gasteiger partial charge in [-0.15, -0.1) is 0 Å². The van der Waals surface area contributed by atoms with Crippen molar-refractivity contribution in [1.29, 1.82) is 0 Å². The zero-order chi connectivity index (χ0) is 9.84. The second-order valence-corrected chi connectivity index (χ2v) is 3.76. The van der Waals surface area contributed by atoms with Gasteiger partial charge in [-0.3, -0.25) is 9.69 Å². The molecule has 0 aromatic carbocycles. The quantitative estimate of drug-likeness (QED) is 0.611. The summed E-state index contributed by atoms with van der Waals surface area (Å²) in [6, 6.07) is 0. The smallest absolute Gasteiger partial charge is 0.319 e. The van der Waals surface area contributed by atoms with Gasteiger partial charge in [0, 0.05) is 13.1 Å². The van der Waals surface area contributed by atoms with Crippen LogP contribution in [0.1, 0.15) is 13.3 Å². The van der Waals surface area contributed by atoms with Gasteiger partial charge in [0.2, 0.25) is 0 Å². The third kappa shape index (κ3) is 3.32. The highest BCUT2D eigenvalue weighted by Gasteiger charge is 2.24. The van der Waals surface area contributed by atoms with E-state index in [1.807, 2.05) is 4.90 Å². The lowest BCUT2D eigenvalue weighted by molar-refractivity contribution is -0.142. The van der Waals surface area contributed by atoms with Crippen LogP contribution in [0.5, 0.6) is 0 Å². The van der Waals surface area contributed by atoms with Crippen LogP contribution in [0.3, 0.4) is 0 Å². The maximum atomic E-state index is 10.9. The van der Waals surface area contributed by atoms with Crippen LogP contribution < -0.4 is 0 Å². The van der Waals surface area contributed by atoms with Crippen LogP contribution in [0.2, 0.25) is 0 Å². The van der Waals surface area contributed by atoms with Crippen molar-refractivity contribution in [2.24, 2.45) is 5.92 Å². The van der Waals surface area contributed by atoms with E-state index in [0.29, 0.717) is 12.5 Å². The number of methoxy groups -OCH3 is 1. The maximum Gasteiger partial charge on any atom is 0.319 e. The molecule has 0 bridgehead atoms. The second-order valence-electron chi connectivity index (χ2n) is 3.76. The largest absolute Gasteiger partial charge is 0.468 e. The van der Waals surface area contributed by atoms with Crippen LogP contribution in [0, 0.1) is 5.92 Å². The van der Waals surface area contributed by atoms with Crippen LogP contribution in [-0.2, 0) is 9.53 Å². The number of aliphatic hydroxyl groups is 1. The summed E-state index contributed by atoms with van der Waals surface area (Å²) in [6.45, 7) is 3.82. The van der Waals surface area contributed by atoms with Crippen LogP contribution in [0.25, 0.3) is 0 Å². The van der Waals surface area contributed by atoms with Crippen LogP contribution >= 0.6 is 0 Å². The molecule has 13 heavy (non-hydrogen) atoms. The highest BCUT2D eigenvalue weighted by Crippen LogP contribution is 2.15. The number of ether oxygens (including phenoxy) is 1. The van der Waals surface area contributed by atoms with Gasteiger partial charge in [-0.05, 0) is 12.3 Å². The van der Waals surface area contributed by atoms with Gasteiger partial charge in [-0.25, -0.2) is 0 Å². The fourth-order valence-electron chi connectivity index (χ4n) is 1.80. The Morgan fingerprint density at radius 2 is 2.31 bits per heavy atom. The van der Waals surface area contributed by atoms with Gasteiger partial charge >= 0.3 is 5.97 Å². The number of carbonyl (C=O) groups excluding carboxylic acids is 1. The van der Waals surface area contributed by atoms with Crippen molar-refractivity contribution in [2.45, 2.75) is 19.4 Å². The van der Waals surface area contributed by atoms with Gasteiger partial charge in [0.05, 0.1) is 19.8 Å². The van der Waals surface area contributed by atoms with E-state index in [2.05, 4.69) is 11.7 Å². The van der Waals surface area contributed by atoms with E-state index in [-0.39, 0.29) is 18.6 Å². The first-order valence-corrected chi connectivity index (χ1v) is 4.59. The van der Waals surface area contributed by atoms with Crippen molar-refractivity contribution in [1.82, 2.24) is 4.90 Å². The van der Waals surface area contributed by atoms with Crippen LogP contribution in [0.15, 0.2) is 0 Å². The number of aliphatic hydroxyl groups excluding tert-OH is 1. The molecule has 0 amide bonds. The number of likely N-dealkylation sites (tertiary alicyclic amines) is 1. The topological polar surface area (TPSA) is 49.8 Å². The lowest BCUT2D eigenvalue weighted by atomic mass is 9.98. The number of rotatable bonds is 2. The molecule has 1 heterocycles. The fourth-order valence-corrected chi connectivity index (χ4v) is 1.80. The number of hydrogen-bond acceptors (Lipinski definition) is 4. The maximum absolute atomic E-state index is 10.9. The van der Waals surface area contributed by atoms with Crippen LogP contribution in [0.4, 0.5) is 0 Å². The molecule has 76 valence electrons. The Morgan fingerprint density at radius 3 is 2.85 bits per heavy atom. The summed E-state index contributed by atoms with van der Waals surface area (Å²) < 4.78 is 4.56. The zero-order valence-corrected chi connectivity index (χ0v) is 8.19. The van der Waals surface area contributed by atoms with Gasteiger partial charge in [0.1, 0.15) is 0 Å². The SMILES string of the molecule is COC(=O)CN1CC(C)CC(O)C1. The summed E-state index contributed by atoms with van der Waals surface area (Å²) in [5, 5.41) is 9.44. The number of carbonyl (C=O) groups is 1. The van der Waals surface area contributed by atoms with Crippen molar-refractivity contribution >= 4 is 5.97 Å². The van der Waals surface area contributed by atoms with E-state index in [0.717, 1.165) is 13.0 Å². The molecule has 1 fully saturated rings. The van der Waals surface area contributed by atoms with E-state index < -0.39 is 0 Å². The highest BCUT2D eigenvalue weighted by atomic mass is 16.5. The second kappa shape index (κ2) is 4.58. The molecule has 1 aliphatic heterocycles. The van der Waals surface area contributed by atoms with E-state index in [9.17, 15) is 9.90 Å². The molecule has 1 saturated heterocycles. The average Bonchev–Trinajstić information content (AvgIpc) is 2.02. The average molecular weight is 187 g/mol.